The van der Waals surface area contributed by atoms with Crippen LogP contribution in [0.4, 0.5) is 13.2 Å². The van der Waals surface area contributed by atoms with Crippen LogP contribution in [0.1, 0.15) is 27.7 Å². The number of nitrogens with zero attached hydrogens (tertiary/aromatic N) is 2. The molecule has 0 fully saturated rings. The van der Waals surface area contributed by atoms with Gasteiger partial charge >= 0.3 is 18.1 Å². The lowest BCUT2D eigenvalue weighted by molar-refractivity contribution is -0.466. The minimum absolute atomic E-state index is 0.105. The van der Waals surface area contributed by atoms with Crippen molar-refractivity contribution in [3.05, 3.63) is 0 Å². The molecule has 25 heteroatoms. The number of sulfonamides is 2. The molecule has 0 spiro atoms. The molecule has 0 aromatic carbocycles. The average Bonchev–Trinajstić information content (AvgIpc) is 3.07. The van der Waals surface area contributed by atoms with Crippen LogP contribution in [-0.2, 0) is 58.1 Å². The van der Waals surface area contributed by atoms with Gasteiger partial charge in [0.2, 0.25) is 32.2 Å². The van der Waals surface area contributed by atoms with Crippen molar-refractivity contribution in [2.24, 2.45) is 5.92 Å². The number of aliphatic hydroxyl groups is 1. The van der Waals surface area contributed by atoms with Gasteiger partial charge in [0.25, 0.3) is 5.91 Å². The van der Waals surface area contributed by atoms with Crippen LogP contribution in [0.15, 0.2) is 0 Å². The van der Waals surface area contributed by atoms with E-state index in [0.717, 1.165) is 11.2 Å². The highest BCUT2D eigenvalue weighted by atomic mass is 32.2. The van der Waals surface area contributed by atoms with E-state index in [1.165, 1.54) is 39.9 Å². The molecular weight excluding hydrogens is 787 g/mol. The molecule has 3 atom stereocenters. The van der Waals surface area contributed by atoms with Gasteiger partial charge in [0.05, 0.1) is 57.7 Å². The molecule has 3 unspecified atom stereocenters. The zero-order valence-electron chi connectivity index (χ0n) is 33.1. The molecule has 0 bridgehead atoms. The monoisotopic (exact) mass is 849 g/mol. The number of carbonyl (C=O) groups is 2. The Balaban J connectivity index is 7.35. The third-order valence-electron chi connectivity index (χ3n) is 7.07. The molecule has 6 N–H and O–H groups in total. The lowest BCUT2D eigenvalue weighted by Gasteiger charge is -2.46. The Morgan fingerprint density at radius 2 is 1.35 bits per heavy atom. The van der Waals surface area contributed by atoms with Crippen molar-refractivity contribution in [1.29, 1.82) is 0 Å². The van der Waals surface area contributed by atoms with E-state index in [-0.39, 0.29) is 57.8 Å². The molecule has 0 heterocycles. The SMILES string of the molecule is CNCCOC(OCCNS(=O)(=O)C(C)C)(OC(OCCNCC(F)(F)F)C(OCCNC(=O)C(C)C)(OCCNS(C)(=O)=O)N(C)C)C(=O)N(C)CCO. The third kappa shape index (κ3) is 20.9. The second-order valence-electron chi connectivity index (χ2n) is 12.7. The van der Waals surface area contributed by atoms with E-state index in [1.807, 2.05) is 0 Å². The number of alkyl halides is 3. The second-order valence-corrected chi connectivity index (χ2v) is 16.9. The highest BCUT2D eigenvalue weighted by Gasteiger charge is 2.55. The normalized spacial score (nSPS) is 15.6. The van der Waals surface area contributed by atoms with Crippen molar-refractivity contribution >= 4 is 31.9 Å². The first-order valence-corrected chi connectivity index (χ1v) is 20.9. The maximum Gasteiger partial charge on any atom is 0.401 e. The molecule has 55 heavy (non-hydrogen) atoms. The molecule has 2 amide bonds. The highest BCUT2D eigenvalue weighted by molar-refractivity contribution is 7.90. The smallest absolute Gasteiger partial charge is 0.395 e. The number of rotatable bonds is 32. The van der Waals surface area contributed by atoms with Gasteiger partial charge in [0.15, 0.2) is 0 Å². The van der Waals surface area contributed by atoms with Gasteiger partial charge in [-0.25, -0.2) is 26.3 Å². The van der Waals surface area contributed by atoms with Gasteiger partial charge in [-0.05, 0) is 35.0 Å². The van der Waals surface area contributed by atoms with Crippen LogP contribution in [0.2, 0.25) is 0 Å². The van der Waals surface area contributed by atoms with Crippen LogP contribution in [0.5, 0.6) is 0 Å². The van der Waals surface area contributed by atoms with E-state index < -0.39 is 95.1 Å². The second kappa shape index (κ2) is 25.5. The van der Waals surface area contributed by atoms with Crippen molar-refractivity contribution in [3.63, 3.8) is 0 Å². The number of nitrogens with one attached hydrogen (secondary N) is 5. The van der Waals surface area contributed by atoms with Crippen LogP contribution in [0.25, 0.3) is 0 Å². The molecule has 0 aliphatic rings. The lowest BCUT2D eigenvalue weighted by atomic mass is 10.2. The van der Waals surface area contributed by atoms with Gasteiger partial charge in [-0.1, -0.05) is 13.8 Å². The summed E-state index contributed by atoms with van der Waals surface area (Å²) >= 11 is 0. The van der Waals surface area contributed by atoms with Gasteiger partial charge in [-0.2, -0.15) is 13.2 Å². The average molecular weight is 850 g/mol. The Hall–Kier alpha value is -1.85. The molecule has 0 rings (SSSR count). The first-order valence-electron chi connectivity index (χ1n) is 17.4. The van der Waals surface area contributed by atoms with Crippen LogP contribution in [0.3, 0.4) is 0 Å². The van der Waals surface area contributed by atoms with Crippen LogP contribution in [0, 0.1) is 5.92 Å². The van der Waals surface area contributed by atoms with Crippen molar-refractivity contribution in [2.75, 3.05) is 120 Å². The van der Waals surface area contributed by atoms with E-state index in [4.69, 9.17) is 28.4 Å². The fourth-order valence-corrected chi connectivity index (χ4v) is 5.22. The summed E-state index contributed by atoms with van der Waals surface area (Å²) in [5.74, 6) is -6.92. The summed E-state index contributed by atoms with van der Waals surface area (Å²) in [6.45, 7) is 0.757. The topological polar surface area (TPSA) is 245 Å². The summed E-state index contributed by atoms with van der Waals surface area (Å²) < 4.78 is 128. The standard InChI is InChI=1S/C30H62F3N7O13S2/c1-23(2)25(42)36-12-19-49-29(39(6)7,50-20-13-37-54(9,44)45)27(48-17-11-35-22-28(31,32)33)53-30(51-18-10-34-5,26(43)40(8)15-16-41)52-21-14-38-55(46,47)24(3)4/h23-24,27,34-35,37-38,41H,10-22H2,1-9H3,(H,36,42). The van der Waals surface area contributed by atoms with Crippen LogP contribution < -0.4 is 25.4 Å². The summed E-state index contributed by atoms with van der Waals surface area (Å²) in [6.07, 6.45) is -5.66. The quantitative estimate of drug-likeness (QED) is 0.0310. The van der Waals surface area contributed by atoms with Crippen LogP contribution in [-0.4, -0.2) is 193 Å². The Morgan fingerprint density at radius 1 is 0.800 bits per heavy atom. The van der Waals surface area contributed by atoms with Gasteiger partial charge in [-0.3, -0.25) is 19.2 Å². The predicted octanol–water partition coefficient (Wildman–Crippen LogP) is -2.25. The number of carbonyl (C=O) groups excluding carboxylic acids is 2. The van der Waals surface area contributed by atoms with Crippen molar-refractivity contribution in [3.8, 4) is 0 Å². The fraction of sp³-hybridized carbons (Fsp3) is 0.933. The molecule has 0 aliphatic heterocycles. The van der Waals surface area contributed by atoms with E-state index >= 15 is 0 Å². The largest absolute Gasteiger partial charge is 0.401 e. The minimum atomic E-state index is -4.56. The van der Waals surface area contributed by atoms with Gasteiger partial charge in [-0.15, -0.1) is 0 Å². The zero-order valence-corrected chi connectivity index (χ0v) is 34.7. The molecule has 0 saturated heterocycles. The minimum Gasteiger partial charge on any atom is -0.395 e. The molecular formula is C30H62F3N7O13S2. The number of ether oxygens (including phenoxy) is 6. The zero-order chi connectivity index (χ0) is 42.5. The Morgan fingerprint density at radius 3 is 1.84 bits per heavy atom. The number of hydrogen-bond acceptors (Lipinski definition) is 16. The molecule has 0 aromatic rings. The lowest BCUT2D eigenvalue weighted by Crippen LogP contribution is -2.66. The molecule has 328 valence electrons. The molecule has 0 aromatic heterocycles. The summed E-state index contributed by atoms with van der Waals surface area (Å²) in [5, 5.41) is 16.5. The van der Waals surface area contributed by atoms with Crippen LogP contribution >= 0.6 is 0 Å². The summed E-state index contributed by atoms with van der Waals surface area (Å²) in [7, 11) is -1.82. The first-order chi connectivity index (χ1) is 25.4. The molecule has 0 aliphatic carbocycles. The Bertz CT molecular complexity index is 1330. The highest BCUT2D eigenvalue weighted by Crippen LogP contribution is 2.31. The van der Waals surface area contributed by atoms with E-state index in [9.17, 15) is 44.7 Å². The maximum absolute atomic E-state index is 14.2. The fourth-order valence-electron chi connectivity index (χ4n) is 4.06. The Labute approximate surface area is 322 Å². The van der Waals surface area contributed by atoms with E-state index in [1.54, 1.807) is 20.9 Å². The van der Waals surface area contributed by atoms with Crippen molar-refractivity contribution < 1.29 is 73.1 Å². The van der Waals surface area contributed by atoms with Crippen molar-refractivity contribution in [2.45, 2.75) is 57.3 Å². The van der Waals surface area contributed by atoms with E-state index in [0.29, 0.717) is 0 Å². The third-order valence-corrected chi connectivity index (χ3v) is 9.65. The predicted molar refractivity (Wildman–Crippen MR) is 194 cm³/mol. The summed E-state index contributed by atoms with van der Waals surface area (Å²) in [6, 6.07) is 0. The first kappa shape index (κ1) is 53.1. The van der Waals surface area contributed by atoms with Gasteiger partial charge in [0.1, 0.15) is 0 Å². The molecule has 20 nitrogen and oxygen atoms in total. The van der Waals surface area contributed by atoms with Gasteiger partial charge in [0, 0.05) is 52.2 Å². The summed E-state index contributed by atoms with van der Waals surface area (Å²) in [5.41, 5.74) is 0. The van der Waals surface area contributed by atoms with Gasteiger partial charge < -0.3 is 49.6 Å². The number of amides is 2. The number of likely N-dealkylation sites (N-methyl/N-ethyl adjacent to an activating group) is 3. The van der Waals surface area contributed by atoms with E-state index in [2.05, 4.69) is 25.4 Å². The Kier molecular flexibility index (Phi) is 24.6. The molecule has 0 radical (unpaired) electrons. The van der Waals surface area contributed by atoms with Crippen molar-refractivity contribution in [1.82, 2.24) is 35.2 Å². The number of hydrogen-bond donors (Lipinski definition) is 6. The maximum atomic E-state index is 14.2. The summed E-state index contributed by atoms with van der Waals surface area (Å²) in [4.78, 5) is 28.7. The number of halogens is 3. The molecule has 0 saturated carbocycles. The number of aliphatic hydroxyl groups excluding tert-OH is 1.